The molecular formula is C18H22N2O2. The van der Waals surface area contributed by atoms with Gasteiger partial charge in [-0.2, -0.15) is 0 Å². The molecule has 116 valence electrons. The molecule has 2 aromatic carbocycles. The fraction of sp³-hybridized carbons (Fsp3) is 0.278. The van der Waals surface area contributed by atoms with Crippen LogP contribution in [0.4, 0.5) is 11.4 Å². The molecule has 0 radical (unpaired) electrons. The van der Waals surface area contributed by atoms with E-state index in [4.69, 9.17) is 4.74 Å². The first-order valence-electron chi connectivity index (χ1n) is 7.42. The minimum Gasteiger partial charge on any atom is -0.494 e. The number of rotatable bonds is 6. The van der Waals surface area contributed by atoms with Gasteiger partial charge in [-0.25, -0.2) is 0 Å². The number of hydrogen-bond acceptors (Lipinski definition) is 3. The van der Waals surface area contributed by atoms with Gasteiger partial charge in [0.15, 0.2) is 0 Å². The second-order valence-electron chi connectivity index (χ2n) is 5.16. The minimum absolute atomic E-state index is 0.0811. The summed E-state index contributed by atoms with van der Waals surface area (Å²) >= 11 is 0. The number of hydrogen-bond donors (Lipinski definition) is 2. The van der Waals surface area contributed by atoms with Gasteiger partial charge in [0.1, 0.15) is 5.75 Å². The highest BCUT2D eigenvalue weighted by Crippen LogP contribution is 2.16. The van der Waals surface area contributed by atoms with E-state index < -0.39 is 0 Å². The number of anilines is 2. The van der Waals surface area contributed by atoms with Gasteiger partial charge in [-0.05, 0) is 68.3 Å². The van der Waals surface area contributed by atoms with Gasteiger partial charge in [-0.3, -0.25) is 4.79 Å². The first-order valence-corrected chi connectivity index (χ1v) is 7.42. The number of ether oxygens (including phenoxy) is 1. The van der Waals surface area contributed by atoms with Gasteiger partial charge in [-0.15, -0.1) is 0 Å². The molecule has 0 saturated carbocycles. The molecule has 2 N–H and O–H groups in total. The fourth-order valence-electron chi connectivity index (χ4n) is 2.04. The molecule has 2 rings (SSSR count). The van der Waals surface area contributed by atoms with Crippen molar-refractivity contribution in [2.24, 2.45) is 0 Å². The standard InChI is InChI=1S/C18H22N2O2/c1-4-22-17-9-7-15(8-10-17)20-18(21)12-19-16-6-5-13(2)14(3)11-16/h5-11,19H,4,12H2,1-3H3,(H,20,21). The van der Waals surface area contributed by atoms with Crippen molar-refractivity contribution in [2.75, 3.05) is 23.8 Å². The summed E-state index contributed by atoms with van der Waals surface area (Å²) in [4.78, 5) is 11.9. The highest BCUT2D eigenvalue weighted by atomic mass is 16.5. The van der Waals surface area contributed by atoms with E-state index in [0.29, 0.717) is 6.61 Å². The summed E-state index contributed by atoms with van der Waals surface area (Å²) in [6.45, 7) is 6.92. The summed E-state index contributed by atoms with van der Waals surface area (Å²) < 4.78 is 5.37. The Morgan fingerprint density at radius 1 is 1.00 bits per heavy atom. The molecule has 0 aliphatic rings. The maximum absolute atomic E-state index is 11.9. The smallest absolute Gasteiger partial charge is 0.243 e. The Kier molecular flexibility index (Phi) is 5.42. The largest absolute Gasteiger partial charge is 0.494 e. The lowest BCUT2D eigenvalue weighted by molar-refractivity contribution is -0.114. The Bertz CT molecular complexity index is 636. The predicted octanol–water partition coefficient (Wildman–Crippen LogP) is 3.75. The van der Waals surface area contributed by atoms with Gasteiger partial charge in [-0.1, -0.05) is 6.07 Å². The second-order valence-corrected chi connectivity index (χ2v) is 5.16. The van der Waals surface area contributed by atoms with Crippen molar-refractivity contribution in [1.82, 2.24) is 0 Å². The van der Waals surface area contributed by atoms with E-state index in [1.807, 2.05) is 49.4 Å². The van der Waals surface area contributed by atoms with Gasteiger partial charge >= 0.3 is 0 Å². The van der Waals surface area contributed by atoms with E-state index in [9.17, 15) is 4.79 Å². The Balaban J connectivity index is 1.85. The first-order chi connectivity index (χ1) is 10.6. The molecule has 0 aromatic heterocycles. The van der Waals surface area contributed by atoms with Crippen molar-refractivity contribution in [3.05, 3.63) is 53.6 Å². The summed E-state index contributed by atoms with van der Waals surface area (Å²) in [7, 11) is 0. The highest BCUT2D eigenvalue weighted by Gasteiger charge is 2.03. The molecule has 0 fully saturated rings. The van der Waals surface area contributed by atoms with Gasteiger partial charge in [0.05, 0.1) is 13.2 Å². The van der Waals surface area contributed by atoms with Crippen LogP contribution in [0.1, 0.15) is 18.1 Å². The third-order valence-corrected chi connectivity index (χ3v) is 3.41. The van der Waals surface area contributed by atoms with Crippen LogP contribution in [-0.4, -0.2) is 19.1 Å². The van der Waals surface area contributed by atoms with Crippen LogP contribution in [0, 0.1) is 13.8 Å². The summed E-state index contributed by atoms with van der Waals surface area (Å²) in [5.41, 5.74) is 4.15. The van der Waals surface area contributed by atoms with Crippen LogP contribution >= 0.6 is 0 Å². The summed E-state index contributed by atoms with van der Waals surface area (Å²) in [5.74, 6) is 0.719. The third-order valence-electron chi connectivity index (χ3n) is 3.41. The quantitative estimate of drug-likeness (QED) is 0.854. The SMILES string of the molecule is CCOc1ccc(NC(=O)CNc2ccc(C)c(C)c2)cc1. The van der Waals surface area contributed by atoms with Crippen molar-refractivity contribution in [3.63, 3.8) is 0 Å². The van der Waals surface area contributed by atoms with Crippen LogP contribution in [0.2, 0.25) is 0 Å². The molecule has 0 bridgehead atoms. The molecular weight excluding hydrogens is 276 g/mol. The zero-order valence-corrected chi connectivity index (χ0v) is 13.3. The lowest BCUT2D eigenvalue weighted by Gasteiger charge is -2.10. The Morgan fingerprint density at radius 2 is 1.68 bits per heavy atom. The Hall–Kier alpha value is -2.49. The van der Waals surface area contributed by atoms with Crippen molar-refractivity contribution in [2.45, 2.75) is 20.8 Å². The lowest BCUT2D eigenvalue weighted by Crippen LogP contribution is -2.21. The number of nitrogens with one attached hydrogen (secondary N) is 2. The normalized spacial score (nSPS) is 10.1. The number of amides is 1. The molecule has 0 spiro atoms. The monoisotopic (exact) mass is 298 g/mol. The van der Waals surface area contributed by atoms with Gasteiger partial charge in [0, 0.05) is 11.4 Å². The maximum Gasteiger partial charge on any atom is 0.243 e. The van der Waals surface area contributed by atoms with Crippen LogP contribution in [0.15, 0.2) is 42.5 Å². The van der Waals surface area contributed by atoms with E-state index in [0.717, 1.165) is 17.1 Å². The van der Waals surface area contributed by atoms with E-state index in [2.05, 4.69) is 24.5 Å². The predicted molar refractivity (Wildman–Crippen MR) is 90.6 cm³/mol. The van der Waals surface area contributed by atoms with E-state index in [-0.39, 0.29) is 12.5 Å². The summed E-state index contributed by atoms with van der Waals surface area (Å²) in [5, 5.41) is 5.98. The zero-order valence-electron chi connectivity index (χ0n) is 13.3. The molecule has 0 saturated heterocycles. The van der Waals surface area contributed by atoms with Crippen molar-refractivity contribution in [3.8, 4) is 5.75 Å². The van der Waals surface area contributed by atoms with Crippen LogP contribution < -0.4 is 15.4 Å². The molecule has 2 aromatic rings. The molecule has 0 aliphatic carbocycles. The Labute approximate surface area is 131 Å². The highest BCUT2D eigenvalue weighted by molar-refractivity contribution is 5.93. The summed E-state index contributed by atoms with van der Waals surface area (Å²) in [6, 6.07) is 13.4. The van der Waals surface area contributed by atoms with Gasteiger partial charge in [0.25, 0.3) is 0 Å². The molecule has 0 heterocycles. The van der Waals surface area contributed by atoms with Crippen LogP contribution in [0.5, 0.6) is 5.75 Å². The third kappa shape index (κ3) is 4.52. The second kappa shape index (κ2) is 7.50. The number of carbonyl (C=O) groups excluding carboxylic acids is 1. The molecule has 0 aliphatic heterocycles. The van der Waals surface area contributed by atoms with E-state index in [1.54, 1.807) is 0 Å². The van der Waals surface area contributed by atoms with E-state index >= 15 is 0 Å². The zero-order chi connectivity index (χ0) is 15.9. The Morgan fingerprint density at radius 3 is 2.32 bits per heavy atom. The average molecular weight is 298 g/mol. The fourth-order valence-corrected chi connectivity index (χ4v) is 2.04. The van der Waals surface area contributed by atoms with Gasteiger partial charge in [0.2, 0.25) is 5.91 Å². The number of benzene rings is 2. The van der Waals surface area contributed by atoms with Crippen LogP contribution in [0.25, 0.3) is 0 Å². The van der Waals surface area contributed by atoms with Crippen molar-refractivity contribution < 1.29 is 9.53 Å². The van der Waals surface area contributed by atoms with Crippen molar-refractivity contribution in [1.29, 1.82) is 0 Å². The number of aryl methyl sites for hydroxylation is 2. The topological polar surface area (TPSA) is 50.4 Å². The maximum atomic E-state index is 11.9. The van der Waals surface area contributed by atoms with Crippen LogP contribution in [-0.2, 0) is 4.79 Å². The van der Waals surface area contributed by atoms with Gasteiger partial charge < -0.3 is 15.4 Å². The molecule has 4 heteroatoms. The van der Waals surface area contributed by atoms with Crippen molar-refractivity contribution >= 4 is 17.3 Å². The molecule has 4 nitrogen and oxygen atoms in total. The molecule has 22 heavy (non-hydrogen) atoms. The van der Waals surface area contributed by atoms with E-state index in [1.165, 1.54) is 11.1 Å². The lowest BCUT2D eigenvalue weighted by atomic mass is 10.1. The molecule has 1 amide bonds. The van der Waals surface area contributed by atoms with Crippen LogP contribution in [0.3, 0.4) is 0 Å². The average Bonchev–Trinajstić information content (AvgIpc) is 2.51. The molecule has 0 atom stereocenters. The molecule has 0 unspecified atom stereocenters. The number of carbonyl (C=O) groups is 1. The summed E-state index contributed by atoms with van der Waals surface area (Å²) in [6.07, 6.45) is 0. The minimum atomic E-state index is -0.0811. The first kappa shape index (κ1) is 15.9.